The molecule has 0 atom stereocenters. The highest BCUT2D eigenvalue weighted by molar-refractivity contribution is 9.10. The first-order valence-corrected chi connectivity index (χ1v) is 6.26. The lowest BCUT2D eigenvalue weighted by molar-refractivity contribution is 0.373. The van der Waals surface area contributed by atoms with Crippen molar-refractivity contribution in [1.29, 1.82) is 0 Å². The number of aromatic hydroxyl groups is 1. The molecule has 2 aromatic carbocycles. The molecule has 0 heterocycles. The summed E-state index contributed by atoms with van der Waals surface area (Å²) < 4.78 is 19.2. The monoisotopic (exact) mass is 323 g/mol. The number of halogens is 2. The van der Waals surface area contributed by atoms with Crippen molar-refractivity contribution < 1.29 is 14.2 Å². The Hall–Kier alpha value is -1.88. The van der Waals surface area contributed by atoms with Crippen LogP contribution in [0.4, 0.5) is 10.1 Å². The topological polar surface area (TPSA) is 41.8 Å². The van der Waals surface area contributed by atoms with Crippen molar-refractivity contribution in [2.45, 2.75) is 0 Å². The minimum absolute atomic E-state index is 0.0363. The third-order valence-electron chi connectivity index (χ3n) is 2.48. The van der Waals surface area contributed by atoms with Gasteiger partial charge in [0, 0.05) is 16.3 Å². The van der Waals surface area contributed by atoms with E-state index in [1.807, 2.05) is 0 Å². The largest absolute Gasteiger partial charge is 0.504 e. The molecule has 98 valence electrons. The maximum absolute atomic E-state index is 13.4. The number of phenolic OH excluding ortho intramolecular Hbond substituents is 1. The SMILES string of the molecule is COc1cc(Br)cc(C=Nc2ccccc2F)c1O. The fourth-order valence-corrected chi connectivity index (χ4v) is 2.00. The van der Waals surface area contributed by atoms with Crippen LogP contribution in [0.2, 0.25) is 0 Å². The molecular weight excluding hydrogens is 313 g/mol. The first-order chi connectivity index (χ1) is 9.11. The van der Waals surface area contributed by atoms with Gasteiger partial charge >= 0.3 is 0 Å². The normalized spacial score (nSPS) is 10.9. The molecule has 0 saturated heterocycles. The Morgan fingerprint density at radius 3 is 2.74 bits per heavy atom. The highest BCUT2D eigenvalue weighted by Crippen LogP contribution is 2.33. The Balaban J connectivity index is 2.39. The third-order valence-corrected chi connectivity index (χ3v) is 2.94. The number of phenols is 1. The van der Waals surface area contributed by atoms with Crippen LogP contribution < -0.4 is 4.74 Å². The van der Waals surface area contributed by atoms with Crippen LogP contribution >= 0.6 is 15.9 Å². The Morgan fingerprint density at radius 1 is 1.32 bits per heavy atom. The molecule has 3 nitrogen and oxygen atoms in total. The Kier molecular flexibility index (Phi) is 4.16. The molecule has 2 aromatic rings. The lowest BCUT2D eigenvalue weighted by Gasteiger charge is -2.06. The molecule has 0 bridgehead atoms. The van der Waals surface area contributed by atoms with Crippen LogP contribution in [0.1, 0.15) is 5.56 Å². The predicted molar refractivity (Wildman–Crippen MR) is 76.0 cm³/mol. The minimum Gasteiger partial charge on any atom is -0.504 e. The second kappa shape index (κ2) is 5.84. The van der Waals surface area contributed by atoms with E-state index >= 15 is 0 Å². The van der Waals surface area contributed by atoms with Crippen molar-refractivity contribution in [3.8, 4) is 11.5 Å². The number of hydrogen-bond donors (Lipinski definition) is 1. The molecular formula is C14H11BrFNO2. The summed E-state index contributed by atoms with van der Waals surface area (Å²) in [7, 11) is 1.46. The first kappa shape index (κ1) is 13.5. The first-order valence-electron chi connectivity index (χ1n) is 5.47. The molecule has 0 amide bonds. The van der Waals surface area contributed by atoms with E-state index in [0.29, 0.717) is 11.3 Å². The van der Waals surface area contributed by atoms with E-state index in [0.717, 1.165) is 4.47 Å². The standard InChI is InChI=1S/C14H11BrFNO2/c1-19-13-7-10(15)6-9(14(13)18)8-17-12-5-3-2-4-11(12)16/h2-8,18H,1H3. The Bertz CT molecular complexity index is 629. The number of para-hydroxylation sites is 1. The molecule has 0 aliphatic heterocycles. The summed E-state index contributed by atoms with van der Waals surface area (Å²) in [5.41, 5.74) is 0.648. The number of rotatable bonds is 3. The summed E-state index contributed by atoms with van der Waals surface area (Å²) in [5.74, 6) is -0.129. The second-order valence-corrected chi connectivity index (χ2v) is 4.67. The van der Waals surface area contributed by atoms with Gasteiger partial charge in [-0.15, -0.1) is 0 Å². The maximum atomic E-state index is 13.4. The highest BCUT2D eigenvalue weighted by Gasteiger charge is 2.08. The number of hydrogen-bond acceptors (Lipinski definition) is 3. The summed E-state index contributed by atoms with van der Waals surface area (Å²) >= 11 is 3.30. The Labute approximate surface area is 118 Å². The van der Waals surface area contributed by atoms with Crippen molar-refractivity contribution in [3.63, 3.8) is 0 Å². The van der Waals surface area contributed by atoms with Crippen molar-refractivity contribution >= 4 is 27.8 Å². The van der Waals surface area contributed by atoms with Crippen LogP contribution in [-0.2, 0) is 0 Å². The van der Waals surface area contributed by atoms with Crippen molar-refractivity contribution in [2.75, 3.05) is 7.11 Å². The summed E-state index contributed by atoms with van der Waals surface area (Å²) in [6.45, 7) is 0. The summed E-state index contributed by atoms with van der Waals surface area (Å²) in [4.78, 5) is 4.02. The van der Waals surface area contributed by atoms with E-state index in [9.17, 15) is 9.50 Å². The Morgan fingerprint density at radius 2 is 2.05 bits per heavy atom. The molecule has 0 unspecified atom stereocenters. The van der Waals surface area contributed by atoms with Crippen LogP contribution in [0.3, 0.4) is 0 Å². The summed E-state index contributed by atoms with van der Waals surface area (Å²) in [5, 5.41) is 9.93. The van der Waals surface area contributed by atoms with Crippen LogP contribution in [0.15, 0.2) is 45.9 Å². The number of aliphatic imine (C=N–C) groups is 1. The van der Waals surface area contributed by atoms with E-state index < -0.39 is 5.82 Å². The van der Waals surface area contributed by atoms with E-state index in [1.165, 1.54) is 19.4 Å². The van der Waals surface area contributed by atoms with Crippen LogP contribution in [0, 0.1) is 5.82 Å². The van der Waals surface area contributed by atoms with Gasteiger partial charge in [-0.05, 0) is 24.3 Å². The smallest absolute Gasteiger partial charge is 0.166 e. The van der Waals surface area contributed by atoms with Gasteiger partial charge < -0.3 is 9.84 Å². The molecule has 2 rings (SSSR count). The maximum Gasteiger partial charge on any atom is 0.166 e. The number of benzene rings is 2. The second-order valence-electron chi connectivity index (χ2n) is 3.76. The molecule has 0 aliphatic rings. The van der Waals surface area contributed by atoms with Gasteiger partial charge in [-0.25, -0.2) is 4.39 Å². The molecule has 0 fully saturated rings. The van der Waals surface area contributed by atoms with Gasteiger partial charge in [0.1, 0.15) is 5.82 Å². The number of methoxy groups -OCH3 is 1. The molecule has 0 saturated carbocycles. The van der Waals surface area contributed by atoms with E-state index in [1.54, 1.807) is 30.3 Å². The molecule has 0 aromatic heterocycles. The molecule has 19 heavy (non-hydrogen) atoms. The van der Waals surface area contributed by atoms with Crippen molar-refractivity contribution in [1.82, 2.24) is 0 Å². The molecule has 1 N–H and O–H groups in total. The van der Waals surface area contributed by atoms with Gasteiger partial charge in [-0.3, -0.25) is 4.99 Å². The summed E-state index contributed by atoms with van der Waals surface area (Å²) in [6, 6.07) is 9.47. The molecule has 0 radical (unpaired) electrons. The average Bonchev–Trinajstić information content (AvgIpc) is 2.41. The molecule has 0 spiro atoms. The number of ether oxygens (including phenoxy) is 1. The lowest BCUT2D eigenvalue weighted by atomic mass is 10.2. The van der Waals surface area contributed by atoms with Gasteiger partial charge in [0.05, 0.1) is 12.8 Å². The zero-order valence-corrected chi connectivity index (χ0v) is 11.7. The van der Waals surface area contributed by atoms with Crippen molar-refractivity contribution in [2.24, 2.45) is 4.99 Å². The zero-order valence-electron chi connectivity index (χ0n) is 10.1. The number of nitrogens with zero attached hydrogens (tertiary/aromatic N) is 1. The summed E-state index contributed by atoms with van der Waals surface area (Å²) in [6.07, 6.45) is 1.39. The lowest BCUT2D eigenvalue weighted by Crippen LogP contribution is -1.89. The van der Waals surface area contributed by atoms with Gasteiger partial charge in [0.2, 0.25) is 0 Å². The van der Waals surface area contributed by atoms with Crippen LogP contribution in [-0.4, -0.2) is 18.4 Å². The fourth-order valence-electron chi connectivity index (χ4n) is 1.54. The van der Waals surface area contributed by atoms with Crippen molar-refractivity contribution in [3.05, 3.63) is 52.3 Å². The van der Waals surface area contributed by atoms with Crippen LogP contribution in [0.25, 0.3) is 0 Å². The molecule has 0 aliphatic carbocycles. The van der Waals surface area contributed by atoms with Crippen LogP contribution in [0.5, 0.6) is 11.5 Å². The minimum atomic E-state index is -0.416. The van der Waals surface area contributed by atoms with Gasteiger partial charge in [-0.1, -0.05) is 28.1 Å². The fraction of sp³-hybridized carbons (Fsp3) is 0.0714. The van der Waals surface area contributed by atoms with Gasteiger partial charge in [0.15, 0.2) is 11.5 Å². The van der Waals surface area contributed by atoms with Gasteiger partial charge in [-0.2, -0.15) is 0 Å². The highest BCUT2D eigenvalue weighted by atomic mass is 79.9. The molecule has 5 heteroatoms. The third kappa shape index (κ3) is 3.12. The van der Waals surface area contributed by atoms with Gasteiger partial charge in [0.25, 0.3) is 0 Å². The average molecular weight is 324 g/mol. The predicted octanol–water partition coefficient (Wildman–Crippen LogP) is 4.05. The quantitative estimate of drug-likeness (QED) is 0.866. The zero-order chi connectivity index (χ0) is 13.8. The van der Waals surface area contributed by atoms with E-state index in [2.05, 4.69) is 20.9 Å². The van der Waals surface area contributed by atoms with E-state index in [4.69, 9.17) is 4.74 Å². The van der Waals surface area contributed by atoms with E-state index in [-0.39, 0.29) is 11.4 Å².